The first kappa shape index (κ1) is 49.2. The Kier molecular flexibility index (Phi) is 34.0. The van der Waals surface area contributed by atoms with Crippen LogP contribution >= 0.6 is 7.82 Å². The summed E-state index contributed by atoms with van der Waals surface area (Å²) in [5.41, 5.74) is 0. The number of unbranched alkanes of at least 4 members (excludes halogenated alkanes) is 22. The Morgan fingerprint density at radius 2 is 1.02 bits per heavy atom. The lowest BCUT2D eigenvalue weighted by atomic mass is 10.1. The van der Waals surface area contributed by atoms with E-state index in [1.807, 2.05) is 0 Å². The molecule has 0 aromatic carbocycles. The minimum atomic E-state index is -4.75. The van der Waals surface area contributed by atoms with Crippen LogP contribution in [0, 0.1) is 0 Å². The number of ether oxygens (including phenoxy) is 1. The standard InChI is InChI=1S/C39H74NO10P/c1-3-5-7-9-11-13-15-16-17-18-19-21-23-25-27-29-31-38(43)48-32-35(41)33-49-51(46,47)50-34-36(39(44)45)40-37(42)30-28-26-24-22-20-14-12-10-8-6-4-2/h17-18,35-36,41H,3-16,19-34H2,1-2H3,(H,40,42)(H,44,45)(H,46,47)/b18-17-. The van der Waals surface area contributed by atoms with Crippen molar-refractivity contribution in [2.45, 2.75) is 199 Å². The van der Waals surface area contributed by atoms with Crippen molar-refractivity contribution in [1.29, 1.82) is 0 Å². The van der Waals surface area contributed by atoms with E-state index in [1.54, 1.807) is 0 Å². The number of aliphatic hydroxyl groups excluding tert-OH is 1. The lowest BCUT2D eigenvalue weighted by Crippen LogP contribution is -2.43. The molecule has 1 amide bonds. The van der Waals surface area contributed by atoms with Crippen molar-refractivity contribution in [3.8, 4) is 0 Å². The molecule has 11 nitrogen and oxygen atoms in total. The molecule has 0 saturated heterocycles. The normalized spacial score (nSPS) is 14.0. The number of carbonyl (C=O) groups excluding carboxylic acids is 2. The molecule has 0 aliphatic carbocycles. The number of carboxylic acids is 1. The summed E-state index contributed by atoms with van der Waals surface area (Å²) in [6.07, 6.45) is 32.4. The molecule has 3 unspecified atom stereocenters. The monoisotopic (exact) mass is 748 g/mol. The molecular formula is C39H74NO10P. The van der Waals surface area contributed by atoms with Crippen LogP contribution in [-0.4, -0.2) is 64.9 Å². The summed E-state index contributed by atoms with van der Waals surface area (Å²) < 4.78 is 26.7. The molecule has 0 radical (unpaired) electrons. The average Bonchev–Trinajstić information content (AvgIpc) is 3.10. The topological polar surface area (TPSA) is 169 Å². The molecule has 51 heavy (non-hydrogen) atoms. The van der Waals surface area contributed by atoms with Crippen molar-refractivity contribution in [2.75, 3.05) is 19.8 Å². The van der Waals surface area contributed by atoms with Gasteiger partial charge in [-0.25, -0.2) is 9.36 Å². The number of hydrogen-bond acceptors (Lipinski definition) is 8. The smallest absolute Gasteiger partial charge is 0.472 e. The molecular weight excluding hydrogens is 673 g/mol. The molecule has 0 bridgehead atoms. The van der Waals surface area contributed by atoms with E-state index in [-0.39, 0.29) is 12.8 Å². The zero-order chi connectivity index (χ0) is 37.8. The highest BCUT2D eigenvalue weighted by Crippen LogP contribution is 2.43. The van der Waals surface area contributed by atoms with Gasteiger partial charge < -0.3 is 25.2 Å². The minimum Gasteiger partial charge on any atom is -0.480 e. The second-order valence-corrected chi connectivity index (χ2v) is 15.3. The maximum Gasteiger partial charge on any atom is 0.472 e. The van der Waals surface area contributed by atoms with Crippen LogP contribution in [0.4, 0.5) is 0 Å². The second kappa shape index (κ2) is 35.3. The van der Waals surface area contributed by atoms with Crippen molar-refractivity contribution in [3.05, 3.63) is 12.2 Å². The number of hydrogen-bond donors (Lipinski definition) is 4. The van der Waals surface area contributed by atoms with Crippen molar-refractivity contribution in [2.24, 2.45) is 0 Å². The molecule has 0 heterocycles. The molecule has 12 heteroatoms. The number of carbonyl (C=O) groups is 3. The van der Waals surface area contributed by atoms with Gasteiger partial charge in [-0.05, 0) is 38.5 Å². The van der Waals surface area contributed by atoms with Crippen LogP contribution in [0.2, 0.25) is 0 Å². The maximum atomic E-state index is 12.2. The van der Waals surface area contributed by atoms with E-state index in [0.717, 1.165) is 57.8 Å². The van der Waals surface area contributed by atoms with Crippen LogP contribution in [0.15, 0.2) is 12.2 Å². The van der Waals surface area contributed by atoms with Gasteiger partial charge in [0.15, 0.2) is 6.04 Å². The highest BCUT2D eigenvalue weighted by Gasteiger charge is 2.28. The fraction of sp³-hybridized carbons (Fsp3) is 0.872. The van der Waals surface area contributed by atoms with E-state index in [1.165, 1.54) is 89.9 Å². The van der Waals surface area contributed by atoms with Gasteiger partial charge in [0.1, 0.15) is 12.7 Å². The number of esters is 1. The molecule has 0 spiro atoms. The van der Waals surface area contributed by atoms with Crippen LogP contribution in [0.1, 0.15) is 187 Å². The van der Waals surface area contributed by atoms with E-state index in [9.17, 15) is 34.1 Å². The average molecular weight is 748 g/mol. The van der Waals surface area contributed by atoms with Gasteiger partial charge >= 0.3 is 19.8 Å². The zero-order valence-electron chi connectivity index (χ0n) is 32.2. The zero-order valence-corrected chi connectivity index (χ0v) is 33.1. The molecule has 0 aliphatic heterocycles. The van der Waals surface area contributed by atoms with E-state index >= 15 is 0 Å². The Morgan fingerprint density at radius 1 is 0.608 bits per heavy atom. The molecule has 0 aliphatic rings. The van der Waals surface area contributed by atoms with Crippen LogP contribution in [0.3, 0.4) is 0 Å². The minimum absolute atomic E-state index is 0.149. The lowest BCUT2D eigenvalue weighted by Gasteiger charge is -2.18. The Labute approximate surface area is 309 Å². The third-order valence-electron chi connectivity index (χ3n) is 8.80. The predicted octanol–water partition coefficient (Wildman–Crippen LogP) is 9.72. The van der Waals surface area contributed by atoms with Crippen LogP contribution in [0.5, 0.6) is 0 Å². The van der Waals surface area contributed by atoms with E-state index in [0.29, 0.717) is 12.8 Å². The first-order valence-corrected chi connectivity index (χ1v) is 21.7. The van der Waals surface area contributed by atoms with Gasteiger partial charge in [0.25, 0.3) is 0 Å². The summed E-state index contributed by atoms with van der Waals surface area (Å²) in [6, 6.07) is -1.54. The Morgan fingerprint density at radius 3 is 1.49 bits per heavy atom. The van der Waals surface area contributed by atoms with E-state index < -0.39 is 57.6 Å². The van der Waals surface area contributed by atoms with E-state index in [2.05, 4.69) is 31.3 Å². The summed E-state index contributed by atoms with van der Waals surface area (Å²) in [7, 11) is -4.75. The quantitative estimate of drug-likeness (QED) is 0.0206. The van der Waals surface area contributed by atoms with Crippen molar-refractivity contribution < 1.29 is 47.8 Å². The number of rotatable bonds is 38. The predicted molar refractivity (Wildman–Crippen MR) is 203 cm³/mol. The highest BCUT2D eigenvalue weighted by atomic mass is 31.2. The molecule has 300 valence electrons. The van der Waals surface area contributed by atoms with Gasteiger partial charge in [-0.1, -0.05) is 148 Å². The number of carboxylic acid groups (broad SMARTS) is 1. The second-order valence-electron chi connectivity index (χ2n) is 13.8. The SMILES string of the molecule is CCCCCCCCC/C=C\CCCCCCCC(=O)OCC(O)COP(=O)(O)OCC(NC(=O)CCCCCCCCCCCCC)C(=O)O. The molecule has 0 aromatic rings. The summed E-state index contributed by atoms with van der Waals surface area (Å²) >= 11 is 0. The van der Waals surface area contributed by atoms with Gasteiger partial charge in [-0.3, -0.25) is 18.6 Å². The Balaban J connectivity index is 3.92. The molecule has 0 aromatic heterocycles. The summed E-state index contributed by atoms with van der Waals surface area (Å²) in [5, 5.41) is 21.7. The fourth-order valence-corrected chi connectivity index (χ4v) is 6.38. The first-order chi connectivity index (χ1) is 24.6. The summed E-state index contributed by atoms with van der Waals surface area (Å²) in [4.78, 5) is 45.7. The van der Waals surface area contributed by atoms with Gasteiger partial charge in [-0.2, -0.15) is 0 Å². The molecule has 0 fully saturated rings. The molecule has 0 rings (SSSR count). The summed E-state index contributed by atoms with van der Waals surface area (Å²) in [6.45, 7) is 2.56. The highest BCUT2D eigenvalue weighted by molar-refractivity contribution is 7.47. The number of aliphatic carboxylic acids is 1. The largest absolute Gasteiger partial charge is 0.480 e. The maximum absolute atomic E-state index is 12.2. The Hall–Kier alpha value is -1.78. The number of allylic oxidation sites excluding steroid dienone is 2. The van der Waals surface area contributed by atoms with Gasteiger partial charge in [-0.15, -0.1) is 0 Å². The van der Waals surface area contributed by atoms with Crippen LogP contribution < -0.4 is 5.32 Å². The number of phosphoric acid groups is 1. The van der Waals surface area contributed by atoms with E-state index in [4.69, 9.17) is 13.8 Å². The van der Waals surface area contributed by atoms with Gasteiger partial charge in [0, 0.05) is 12.8 Å². The number of aliphatic hydroxyl groups is 1. The number of phosphoric ester groups is 1. The Bertz CT molecular complexity index is 932. The molecule has 3 atom stereocenters. The van der Waals surface area contributed by atoms with Crippen molar-refractivity contribution >= 4 is 25.7 Å². The third kappa shape index (κ3) is 35.0. The van der Waals surface area contributed by atoms with Crippen LogP contribution in [-0.2, 0) is 32.7 Å². The van der Waals surface area contributed by atoms with Crippen LogP contribution in [0.25, 0.3) is 0 Å². The third-order valence-corrected chi connectivity index (χ3v) is 9.76. The fourth-order valence-electron chi connectivity index (χ4n) is 5.60. The van der Waals surface area contributed by atoms with Crippen molar-refractivity contribution in [1.82, 2.24) is 5.32 Å². The first-order valence-electron chi connectivity index (χ1n) is 20.2. The lowest BCUT2D eigenvalue weighted by molar-refractivity contribution is -0.147. The van der Waals surface area contributed by atoms with Crippen molar-refractivity contribution in [3.63, 3.8) is 0 Å². The number of amides is 1. The van der Waals surface area contributed by atoms with Gasteiger partial charge in [0.05, 0.1) is 13.2 Å². The molecule has 0 saturated carbocycles. The van der Waals surface area contributed by atoms with Gasteiger partial charge in [0.2, 0.25) is 5.91 Å². The molecule has 4 N–H and O–H groups in total. The summed E-state index contributed by atoms with van der Waals surface area (Å²) in [5.74, 6) is -2.38. The number of nitrogens with one attached hydrogen (secondary N) is 1.